The molecule has 9 aromatic rings. The number of nitrogens with zero attached hydrogens (tertiary/aromatic N) is 2. The molecule has 3 nitrogen and oxygen atoms in total. The third-order valence-electron chi connectivity index (χ3n) is 10.9. The first kappa shape index (κ1) is 28.3. The van der Waals surface area contributed by atoms with Crippen molar-refractivity contribution in [2.24, 2.45) is 0 Å². The SMILES string of the molecule is C1=CCC2C(=C1)c1cc(-c3ccc4c(c3)c3ccccc3n4-c3ccc(-c4cccc5c4oc4ccccc45)cc3)ccc1N2c1ccccc1. The maximum absolute atomic E-state index is 6.37. The molecule has 0 N–H and O–H groups in total. The van der Waals surface area contributed by atoms with Crippen molar-refractivity contribution < 1.29 is 4.42 Å². The van der Waals surface area contributed by atoms with Crippen molar-refractivity contribution >= 4 is 60.7 Å². The first-order valence-corrected chi connectivity index (χ1v) is 17.7. The van der Waals surface area contributed by atoms with Gasteiger partial charge in [-0.15, -0.1) is 0 Å². The van der Waals surface area contributed by atoms with E-state index in [-0.39, 0.29) is 0 Å². The maximum atomic E-state index is 6.37. The van der Waals surface area contributed by atoms with Gasteiger partial charge < -0.3 is 13.9 Å². The van der Waals surface area contributed by atoms with Crippen molar-refractivity contribution in [1.29, 1.82) is 0 Å². The van der Waals surface area contributed by atoms with E-state index < -0.39 is 0 Å². The Morgan fingerprint density at radius 1 is 0.510 bits per heavy atom. The Bertz CT molecular complexity index is 2890. The molecule has 2 aromatic heterocycles. The molecule has 0 bridgehead atoms. The van der Waals surface area contributed by atoms with Crippen LogP contribution in [0.15, 0.2) is 180 Å². The summed E-state index contributed by atoms with van der Waals surface area (Å²) in [6, 6.07) is 57.5. The Morgan fingerprint density at radius 2 is 1.24 bits per heavy atom. The van der Waals surface area contributed by atoms with E-state index in [1.165, 1.54) is 55.4 Å². The fourth-order valence-corrected chi connectivity index (χ4v) is 8.56. The first-order valence-electron chi connectivity index (χ1n) is 17.7. The van der Waals surface area contributed by atoms with E-state index in [0.29, 0.717) is 6.04 Å². The van der Waals surface area contributed by atoms with E-state index in [2.05, 4.69) is 173 Å². The lowest BCUT2D eigenvalue weighted by molar-refractivity contribution is 0.670. The molecule has 7 aromatic carbocycles. The minimum absolute atomic E-state index is 0.320. The van der Waals surface area contributed by atoms with Crippen molar-refractivity contribution in [1.82, 2.24) is 4.57 Å². The highest BCUT2D eigenvalue weighted by Crippen LogP contribution is 2.49. The molecule has 0 fully saturated rings. The Morgan fingerprint density at radius 3 is 2.14 bits per heavy atom. The maximum Gasteiger partial charge on any atom is 0.143 e. The molecule has 1 unspecified atom stereocenters. The number of furan rings is 1. The monoisotopic (exact) mass is 652 g/mol. The summed E-state index contributed by atoms with van der Waals surface area (Å²) in [6.07, 6.45) is 7.81. The molecular formula is C48H32N2O. The zero-order chi connectivity index (χ0) is 33.5. The molecule has 0 saturated carbocycles. The molecule has 0 saturated heterocycles. The lowest BCUT2D eigenvalue weighted by Crippen LogP contribution is -2.26. The van der Waals surface area contributed by atoms with Gasteiger partial charge >= 0.3 is 0 Å². The number of para-hydroxylation sites is 4. The third kappa shape index (κ3) is 4.25. The zero-order valence-corrected chi connectivity index (χ0v) is 27.8. The van der Waals surface area contributed by atoms with Crippen LogP contribution in [0.3, 0.4) is 0 Å². The van der Waals surface area contributed by atoms with Crippen LogP contribution >= 0.6 is 0 Å². The van der Waals surface area contributed by atoms with Crippen LogP contribution in [0.25, 0.3) is 77.3 Å². The van der Waals surface area contributed by atoms with Crippen molar-refractivity contribution in [3.8, 4) is 27.9 Å². The smallest absolute Gasteiger partial charge is 0.143 e. The average molecular weight is 653 g/mol. The van der Waals surface area contributed by atoms with Crippen molar-refractivity contribution in [3.05, 3.63) is 182 Å². The quantitative estimate of drug-likeness (QED) is 0.189. The van der Waals surface area contributed by atoms with Crippen LogP contribution in [0.4, 0.5) is 11.4 Å². The Labute approximate surface area is 295 Å². The number of allylic oxidation sites excluding steroid dienone is 2. The van der Waals surface area contributed by atoms with E-state index in [9.17, 15) is 0 Å². The van der Waals surface area contributed by atoms with E-state index in [4.69, 9.17) is 4.42 Å². The molecular weight excluding hydrogens is 621 g/mol. The van der Waals surface area contributed by atoms with Gasteiger partial charge in [0.05, 0.1) is 17.1 Å². The van der Waals surface area contributed by atoms with Crippen LogP contribution in [0.2, 0.25) is 0 Å². The number of rotatable bonds is 4. The highest BCUT2D eigenvalue weighted by Gasteiger charge is 2.35. The number of hydrogen-bond donors (Lipinski definition) is 0. The molecule has 11 rings (SSSR count). The number of hydrogen-bond acceptors (Lipinski definition) is 2. The van der Waals surface area contributed by atoms with Crippen molar-refractivity contribution in [3.63, 3.8) is 0 Å². The van der Waals surface area contributed by atoms with Gasteiger partial charge in [-0.25, -0.2) is 0 Å². The van der Waals surface area contributed by atoms with Crippen molar-refractivity contribution in [2.75, 3.05) is 4.90 Å². The lowest BCUT2D eigenvalue weighted by atomic mass is 9.93. The van der Waals surface area contributed by atoms with Crippen LogP contribution in [-0.2, 0) is 0 Å². The summed E-state index contributed by atoms with van der Waals surface area (Å²) in [5.41, 5.74) is 15.3. The predicted molar refractivity (Wildman–Crippen MR) is 213 cm³/mol. The average Bonchev–Trinajstić information content (AvgIpc) is 3.86. The zero-order valence-electron chi connectivity index (χ0n) is 27.8. The summed E-state index contributed by atoms with van der Waals surface area (Å²) in [7, 11) is 0. The van der Waals surface area contributed by atoms with E-state index in [1.54, 1.807) is 0 Å². The highest BCUT2D eigenvalue weighted by molar-refractivity contribution is 6.11. The van der Waals surface area contributed by atoms with Crippen LogP contribution in [0.1, 0.15) is 12.0 Å². The normalized spacial score (nSPS) is 15.2. The second-order valence-corrected chi connectivity index (χ2v) is 13.7. The molecule has 0 radical (unpaired) electrons. The lowest BCUT2D eigenvalue weighted by Gasteiger charge is -2.28. The van der Waals surface area contributed by atoms with Crippen LogP contribution < -0.4 is 4.90 Å². The standard InChI is InChI=1S/C48H32N2O/c1-2-11-34(12-3-1)49-43-18-7-4-13-37(43)41-29-32(23-27-45(41)49)33-24-28-46-42(30-33)38-14-5-8-19-44(38)50(46)35-25-21-31(22-26-35)36-16-10-17-40-39-15-6-9-20-47(39)51-48(36)40/h1-17,19-30,43H,18H2. The molecule has 1 aliphatic heterocycles. The third-order valence-corrected chi connectivity index (χ3v) is 10.9. The molecule has 1 aliphatic carbocycles. The summed E-state index contributed by atoms with van der Waals surface area (Å²) in [5, 5.41) is 4.80. The Balaban J connectivity index is 1.01. The first-order chi connectivity index (χ1) is 25.3. The Kier molecular flexibility index (Phi) is 6.08. The van der Waals surface area contributed by atoms with Gasteiger partial charge in [0.2, 0.25) is 0 Å². The van der Waals surface area contributed by atoms with Crippen molar-refractivity contribution in [2.45, 2.75) is 12.5 Å². The van der Waals surface area contributed by atoms with Gasteiger partial charge in [-0.2, -0.15) is 0 Å². The second-order valence-electron chi connectivity index (χ2n) is 13.7. The molecule has 51 heavy (non-hydrogen) atoms. The van der Waals surface area contributed by atoms with Crippen LogP contribution in [0, 0.1) is 0 Å². The predicted octanol–water partition coefficient (Wildman–Crippen LogP) is 12.9. The fourth-order valence-electron chi connectivity index (χ4n) is 8.56. The van der Waals surface area contributed by atoms with Crippen LogP contribution in [-0.4, -0.2) is 10.6 Å². The Hall–Kier alpha value is -6.58. The number of anilines is 2. The summed E-state index contributed by atoms with van der Waals surface area (Å²) in [4.78, 5) is 2.51. The summed E-state index contributed by atoms with van der Waals surface area (Å²) < 4.78 is 8.76. The van der Waals surface area contributed by atoms with Gasteiger partial charge in [0.25, 0.3) is 0 Å². The van der Waals surface area contributed by atoms with E-state index in [0.717, 1.165) is 45.2 Å². The molecule has 240 valence electrons. The molecule has 0 spiro atoms. The van der Waals surface area contributed by atoms with Gasteiger partial charge in [0.1, 0.15) is 11.2 Å². The number of aromatic nitrogens is 1. The van der Waals surface area contributed by atoms with Gasteiger partial charge in [0.15, 0.2) is 0 Å². The number of benzene rings is 7. The van der Waals surface area contributed by atoms with Gasteiger partial charge in [0, 0.05) is 49.7 Å². The minimum Gasteiger partial charge on any atom is -0.455 e. The minimum atomic E-state index is 0.320. The summed E-state index contributed by atoms with van der Waals surface area (Å²) in [6.45, 7) is 0. The van der Waals surface area contributed by atoms with Gasteiger partial charge in [-0.3, -0.25) is 0 Å². The molecule has 2 aliphatic rings. The topological polar surface area (TPSA) is 21.3 Å². The highest BCUT2D eigenvalue weighted by atomic mass is 16.3. The largest absolute Gasteiger partial charge is 0.455 e. The van der Waals surface area contributed by atoms with Crippen LogP contribution in [0.5, 0.6) is 0 Å². The molecule has 0 amide bonds. The molecule has 3 heterocycles. The second kappa shape index (κ2) is 11.0. The van der Waals surface area contributed by atoms with Gasteiger partial charge in [-0.05, 0) is 89.3 Å². The summed E-state index contributed by atoms with van der Waals surface area (Å²) in [5.74, 6) is 0. The van der Waals surface area contributed by atoms with E-state index in [1.807, 2.05) is 12.1 Å². The number of fused-ring (bicyclic) bond motifs is 9. The fraction of sp³-hybridized carbons (Fsp3) is 0.0417. The van der Waals surface area contributed by atoms with E-state index >= 15 is 0 Å². The summed E-state index contributed by atoms with van der Waals surface area (Å²) >= 11 is 0. The molecule has 3 heteroatoms. The molecule has 1 atom stereocenters. The van der Waals surface area contributed by atoms with Gasteiger partial charge in [-0.1, -0.05) is 115 Å².